The number of aromatic nitrogens is 4. The van der Waals surface area contributed by atoms with Crippen LogP contribution in [0.4, 0.5) is 0 Å². The lowest BCUT2D eigenvalue weighted by molar-refractivity contribution is 0.0910. The van der Waals surface area contributed by atoms with Crippen molar-refractivity contribution in [1.29, 1.82) is 0 Å². The molecule has 0 atom stereocenters. The van der Waals surface area contributed by atoms with Crippen molar-refractivity contribution in [1.82, 2.24) is 25.2 Å². The van der Waals surface area contributed by atoms with Gasteiger partial charge in [0.05, 0.1) is 22.0 Å². The third-order valence-corrected chi connectivity index (χ3v) is 4.72. The van der Waals surface area contributed by atoms with Crippen molar-refractivity contribution in [3.8, 4) is 17.1 Å². The Balaban J connectivity index is 1.46. The van der Waals surface area contributed by atoms with Crippen LogP contribution < -0.4 is 5.32 Å². The van der Waals surface area contributed by atoms with Gasteiger partial charge in [0.1, 0.15) is 0 Å². The summed E-state index contributed by atoms with van der Waals surface area (Å²) in [6, 6.07) is 17.3. The molecule has 4 aromatic rings. The van der Waals surface area contributed by atoms with E-state index >= 15 is 0 Å². The highest BCUT2D eigenvalue weighted by atomic mass is 35.5. The predicted octanol–water partition coefficient (Wildman–Crippen LogP) is 3.86. The molecule has 0 aliphatic rings. The molecule has 1 N–H and O–H groups in total. The Hall–Kier alpha value is -3.45. The number of carbonyl (C=O) groups excluding carboxylic acids is 1. The van der Waals surface area contributed by atoms with Crippen LogP contribution in [0.15, 0.2) is 65.3 Å². The highest BCUT2D eigenvalue weighted by Gasteiger charge is 2.19. The molecule has 146 valence electrons. The van der Waals surface area contributed by atoms with Gasteiger partial charge in [0.15, 0.2) is 0 Å². The minimum Gasteiger partial charge on any atom is -0.347 e. The second-order valence-corrected chi connectivity index (χ2v) is 6.85. The molecule has 2 aromatic carbocycles. The number of carbonyl (C=O) groups is 1. The molecule has 0 unspecified atom stereocenters. The van der Waals surface area contributed by atoms with Crippen molar-refractivity contribution in [2.75, 3.05) is 6.54 Å². The van der Waals surface area contributed by atoms with Crippen LogP contribution in [-0.4, -0.2) is 32.4 Å². The van der Waals surface area contributed by atoms with E-state index in [1.165, 1.54) is 0 Å². The zero-order valence-corrected chi connectivity index (χ0v) is 16.4. The lowest BCUT2D eigenvalue weighted by Gasteiger charge is -2.02. The molecular formula is C21H18ClN5O2. The highest BCUT2D eigenvalue weighted by Crippen LogP contribution is 2.24. The number of amides is 1. The van der Waals surface area contributed by atoms with Crippen molar-refractivity contribution in [2.45, 2.75) is 13.3 Å². The van der Waals surface area contributed by atoms with Crippen LogP contribution in [0.2, 0.25) is 5.02 Å². The molecule has 0 saturated carbocycles. The molecular weight excluding hydrogens is 390 g/mol. The fraction of sp³-hybridized carbons (Fsp3) is 0.143. The zero-order chi connectivity index (χ0) is 20.2. The van der Waals surface area contributed by atoms with Gasteiger partial charge in [0, 0.05) is 12.7 Å². The molecule has 1 amide bonds. The normalized spacial score (nSPS) is 10.8. The minimum atomic E-state index is -0.407. The lowest BCUT2D eigenvalue weighted by Crippen LogP contribution is -2.25. The summed E-state index contributed by atoms with van der Waals surface area (Å²) >= 11 is 6.24. The second kappa shape index (κ2) is 8.28. The number of halogens is 1. The average molecular weight is 408 g/mol. The number of para-hydroxylation sites is 1. The fourth-order valence-corrected chi connectivity index (χ4v) is 3.13. The number of benzene rings is 2. The molecule has 0 saturated heterocycles. The summed E-state index contributed by atoms with van der Waals surface area (Å²) in [5.74, 6) is -0.192. The van der Waals surface area contributed by atoms with Crippen molar-refractivity contribution < 1.29 is 9.32 Å². The Morgan fingerprint density at radius 3 is 2.69 bits per heavy atom. The van der Waals surface area contributed by atoms with Crippen LogP contribution in [-0.2, 0) is 6.42 Å². The van der Waals surface area contributed by atoms with Crippen molar-refractivity contribution >= 4 is 17.5 Å². The Labute approximate surface area is 172 Å². The van der Waals surface area contributed by atoms with Crippen LogP contribution in [0.1, 0.15) is 21.9 Å². The summed E-state index contributed by atoms with van der Waals surface area (Å²) < 4.78 is 6.80. The molecule has 0 fully saturated rings. The lowest BCUT2D eigenvalue weighted by atomic mass is 10.1. The monoisotopic (exact) mass is 407 g/mol. The number of aryl methyl sites for hydroxylation is 1. The van der Waals surface area contributed by atoms with E-state index in [1.807, 2.05) is 55.5 Å². The molecule has 7 nitrogen and oxygen atoms in total. The van der Waals surface area contributed by atoms with Crippen molar-refractivity contribution in [3.63, 3.8) is 0 Å². The molecule has 2 aromatic heterocycles. The third kappa shape index (κ3) is 4.20. The van der Waals surface area contributed by atoms with Gasteiger partial charge in [0.2, 0.25) is 5.82 Å². The van der Waals surface area contributed by atoms with Crippen LogP contribution in [0, 0.1) is 6.92 Å². The highest BCUT2D eigenvalue weighted by molar-refractivity contribution is 6.32. The maximum Gasteiger partial charge on any atom is 0.316 e. The van der Waals surface area contributed by atoms with Crippen LogP contribution in [0.5, 0.6) is 0 Å². The Morgan fingerprint density at radius 1 is 1.14 bits per heavy atom. The van der Waals surface area contributed by atoms with Gasteiger partial charge in [-0.15, -0.1) is 0 Å². The first-order chi connectivity index (χ1) is 14.1. The quantitative estimate of drug-likeness (QED) is 0.524. The van der Waals surface area contributed by atoms with Gasteiger partial charge in [0.25, 0.3) is 0 Å². The number of hydrogen-bond acceptors (Lipinski definition) is 5. The topological polar surface area (TPSA) is 85.8 Å². The average Bonchev–Trinajstić information content (AvgIpc) is 3.36. The third-order valence-electron chi connectivity index (χ3n) is 4.40. The summed E-state index contributed by atoms with van der Waals surface area (Å²) in [6.45, 7) is 2.31. The largest absolute Gasteiger partial charge is 0.347 e. The number of hydrogen-bond donors (Lipinski definition) is 1. The molecule has 0 aliphatic carbocycles. The van der Waals surface area contributed by atoms with Crippen LogP contribution in [0.25, 0.3) is 17.1 Å². The predicted molar refractivity (Wildman–Crippen MR) is 109 cm³/mol. The van der Waals surface area contributed by atoms with E-state index in [1.54, 1.807) is 16.9 Å². The Morgan fingerprint density at radius 2 is 1.90 bits per heavy atom. The first-order valence-electron chi connectivity index (χ1n) is 9.09. The van der Waals surface area contributed by atoms with Gasteiger partial charge < -0.3 is 9.84 Å². The van der Waals surface area contributed by atoms with E-state index in [0.717, 1.165) is 17.7 Å². The molecule has 4 rings (SSSR count). The SMILES string of the molecule is Cc1nn(-c2ccccc2Cl)cc1-c1noc(C(=O)NCCc2ccccc2)n1. The molecule has 0 radical (unpaired) electrons. The summed E-state index contributed by atoms with van der Waals surface area (Å²) in [4.78, 5) is 16.5. The Bertz CT molecular complexity index is 1140. The zero-order valence-electron chi connectivity index (χ0n) is 15.7. The molecule has 2 heterocycles. The molecule has 0 spiro atoms. The van der Waals surface area contributed by atoms with Gasteiger partial charge in [-0.25, -0.2) is 4.68 Å². The summed E-state index contributed by atoms with van der Waals surface area (Å²) in [5, 5.41) is 11.8. The van der Waals surface area contributed by atoms with E-state index in [4.69, 9.17) is 16.1 Å². The van der Waals surface area contributed by atoms with Crippen molar-refractivity contribution in [2.24, 2.45) is 0 Å². The van der Waals surface area contributed by atoms with E-state index in [-0.39, 0.29) is 5.89 Å². The maximum atomic E-state index is 12.3. The Kier molecular flexibility index (Phi) is 5.39. The first kappa shape index (κ1) is 18.9. The maximum absolute atomic E-state index is 12.3. The standard InChI is InChI=1S/C21H18ClN5O2/c1-14-16(13-27(25-14)18-10-6-5-9-17(18)22)19-24-21(29-26-19)20(28)23-12-11-15-7-3-2-4-8-15/h2-10,13H,11-12H2,1H3,(H,23,28). The van der Waals surface area contributed by atoms with Crippen molar-refractivity contribution in [3.05, 3.63) is 83.0 Å². The fourth-order valence-electron chi connectivity index (χ4n) is 2.91. The molecule has 29 heavy (non-hydrogen) atoms. The summed E-state index contributed by atoms with van der Waals surface area (Å²) in [7, 11) is 0. The molecule has 0 bridgehead atoms. The summed E-state index contributed by atoms with van der Waals surface area (Å²) in [6.07, 6.45) is 2.48. The van der Waals surface area contributed by atoms with E-state index < -0.39 is 5.91 Å². The van der Waals surface area contributed by atoms with E-state index in [9.17, 15) is 4.79 Å². The van der Waals surface area contributed by atoms with Gasteiger partial charge in [-0.05, 0) is 31.0 Å². The van der Waals surface area contributed by atoms with Gasteiger partial charge in [-0.2, -0.15) is 10.1 Å². The molecule has 8 heteroatoms. The first-order valence-corrected chi connectivity index (χ1v) is 9.47. The van der Waals surface area contributed by atoms with Crippen LogP contribution >= 0.6 is 11.6 Å². The van der Waals surface area contributed by atoms with E-state index in [2.05, 4.69) is 20.6 Å². The number of nitrogens with zero attached hydrogens (tertiary/aromatic N) is 4. The second-order valence-electron chi connectivity index (χ2n) is 6.44. The smallest absolute Gasteiger partial charge is 0.316 e. The van der Waals surface area contributed by atoms with Gasteiger partial charge in [-0.1, -0.05) is 59.2 Å². The summed E-state index contributed by atoms with van der Waals surface area (Å²) in [5.41, 5.74) is 3.24. The van der Waals surface area contributed by atoms with E-state index in [0.29, 0.717) is 28.6 Å². The van der Waals surface area contributed by atoms with Gasteiger partial charge >= 0.3 is 11.8 Å². The number of rotatable bonds is 6. The minimum absolute atomic E-state index is 0.0852. The number of nitrogens with one attached hydrogen (secondary N) is 1. The van der Waals surface area contributed by atoms with Gasteiger partial charge in [-0.3, -0.25) is 4.79 Å². The molecule has 0 aliphatic heterocycles. The van der Waals surface area contributed by atoms with Crippen LogP contribution in [0.3, 0.4) is 0 Å².